The molecule has 1 aliphatic rings. The predicted molar refractivity (Wildman–Crippen MR) is 132 cm³/mol. The minimum atomic E-state index is -0.458. The second-order valence-electron chi connectivity index (χ2n) is 7.97. The van der Waals surface area contributed by atoms with Crippen molar-refractivity contribution in [1.82, 2.24) is 14.5 Å². The van der Waals surface area contributed by atoms with Crippen molar-refractivity contribution >= 4 is 40.2 Å². The number of amides is 2. The van der Waals surface area contributed by atoms with Gasteiger partial charge in [0.1, 0.15) is 6.04 Å². The van der Waals surface area contributed by atoms with E-state index >= 15 is 0 Å². The number of rotatable bonds is 6. The van der Waals surface area contributed by atoms with Crippen molar-refractivity contribution in [1.29, 1.82) is 0 Å². The van der Waals surface area contributed by atoms with Crippen molar-refractivity contribution in [3.8, 4) is 5.69 Å². The first-order chi connectivity index (χ1) is 16.2. The van der Waals surface area contributed by atoms with Gasteiger partial charge in [-0.2, -0.15) is 0 Å². The quantitative estimate of drug-likeness (QED) is 0.425. The zero-order valence-electron chi connectivity index (χ0n) is 18.1. The van der Waals surface area contributed by atoms with Crippen LogP contribution in [-0.2, 0) is 9.59 Å². The van der Waals surface area contributed by atoms with Gasteiger partial charge in [-0.1, -0.05) is 48.2 Å². The summed E-state index contributed by atoms with van der Waals surface area (Å²) in [5, 5.41) is 4.93. The third-order valence-corrected chi connectivity index (χ3v) is 6.75. The van der Waals surface area contributed by atoms with E-state index < -0.39 is 6.04 Å². The van der Waals surface area contributed by atoms with Crippen molar-refractivity contribution in [3.05, 3.63) is 85.2 Å². The minimum absolute atomic E-state index is 0.0358. The first-order valence-electron chi connectivity index (χ1n) is 11.0. The summed E-state index contributed by atoms with van der Waals surface area (Å²) in [6.07, 6.45) is 5.37. The van der Waals surface area contributed by atoms with Gasteiger partial charge in [-0.3, -0.25) is 9.59 Å². The molecular formula is C26H24N4O2S. The molecule has 5 rings (SSSR count). The number of nitrogens with zero attached hydrogens (tertiary/aromatic N) is 3. The zero-order chi connectivity index (χ0) is 22.6. The summed E-state index contributed by atoms with van der Waals surface area (Å²) in [7, 11) is 0. The van der Waals surface area contributed by atoms with Crippen LogP contribution in [0, 0.1) is 0 Å². The number of benzene rings is 2. The number of carbonyl (C=O) groups is 2. The van der Waals surface area contributed by atoms with Crippen molar-refractivity contribution in [2.24, 2.45) is 0 Å². The lowest BCUT2D eigenvalue weighted by Gasteiger charge is -2.24. The van der Waals surface area contributed by atoms with E-state index in [-0.39, 0.29) is 17.6 Å². The Kier molecular flexibility index (Phi) is 6.13. The molecule has 0 saturated carbocycles. The lowest BCUT2D eigenvalue weighted by Crippen LogP contribution is -2.44. The summed E-state index contributed by atoms with van der Waals surface area (Å²) < 4.78 is 1.96. The molecule has 6 nitrogen and oxygen atoms in total. The molecule has 166 valence electrons. The molecule has 33 heavy (non-hydrogen) atoms. The van der Waals surface area contributed by atoms with Crippen LogP contribution < -0.4 is 5.32 Å². The Morgan fingerprint density at radius 3 is 2.64 bits per heavy atom. The van der Waals surface area contributed by atoms with E-state index in [9.17, 15) is 9.59 Å². The number of carbonyl (C=O) groups excluding carboxylic acids is 2. The first kappa shape index (κ1) is 21.3. The molecule has 2 aromatic heterocycles. The second kappa shape index (κ2) is 9.50. The number of hydrogen-bond acceptors (Lipinski definition) is 4. The minimum Gasteiger partial charge on any atom is -0.330 e. The highest BCUT2D eigenvalue weighted by Gasteiger charge is 2.34. The Hall–Kier alpha value is -3.58. The molecule has 1 fully saturated rings. The van der Waals surface area contributed by atoms with Crippen molar-refractivity contribution < 1.29 is 9.59 Å². The molecular weight excluding hydrogens is 432 g/mol. The van der Waals surface area contributed by atoms with E-state index in [0.717, 1.165) is 33.7 Å². The maximum Gasteiger partial charge on any atom is 0.247 e. The SMILES string of the molecule is O=C(Nc1ccccc1-n1cccc1)[C@@H]1CCCN1C(=O)CSc1ccc2ccccc2n1. The van der Waals surface area contributed by atoms with Gasteiger partial charge in [0.2, 0.25) is 11.8 Å². The number of fused-ring (bicyclic) bond motifs is 1. The molecule has 0 unspecified atom stereocenters. The van der Waals surface area contributed by atoms with Gasteiger partial charge in [0, 0.05) is 24.3 Å². The summed E-state index contributed by atoms with van der Waals surface area (Å²) in [6, 6.07) is 23.0. The molecule has 0 spiro atoms. The van der Waals surface area contributed by atoms with Crippen LogP contribution in [0.4, 0.5) is 5.69 Å². The van der Waals surface area contributed by atoms with E-state index in [1.54, 1.807) is 4.90 Å². The molecule has 4 aromatic rings. The monoisotopic (exact) mass is 456 g/mol. The highest BCUT2D eigenvalue weighted by atomic mass is 32.2. The molecule has 1 atom stereocenters. The fraction of sp³-hybridized carbons (Fsp3) is 0.192. The van der Waals surface area contributed by atoms with Crippen LogP contribution in [0.15, 0.2) is 90.2 Å². The van der Waals surface area contributed by atoms with Gasteiger partial charge in [0.25, 0.3) is 0 Å². The average Bonchev–Trinajstić information content (AvgIpc) is 3.55. The lowest BCUT2D eigenvalue weighted by molar-refractivity contribution is -0.134. The number of thioether (sulfide) groups is 1. The molecule has 7 heteroatoms. The molecule has 3 heterocycles. The Morgan fingerprint density at radius 1 is 0.970 bits per heavy atom. The van der Waals surface area contributed by atoms with Gasteiger partial charge < -0.3 is 14.8 Å². The summed E-state index contributed by atoms with van der Waals surface area (Å²) in [6.45, 7) is 0.599. The van der Waals surface area contributed by atoms with Gasteiger partial charge in [-0.15, -0.1) is 0 Å². The van der Waals surface area contributed by atoms with Gasteiger partial charge in [-0.05, 0) is 49.2 Å². The van der Waals surface area contributed by atoms with Gasteiger partial charge in [-0.25, -0.2) is 4.98 Å². The van der Waals surface area contributed by atoms with Crippen molar-refractivity contribution in [2.45, 2.75) is 23.9 Å². The van der Waals surface area contributed by atoms with Crippen molar-refractivity contribution in [2.75, 3.05) is 17.6 Å². The molecule has 2 amide bonds. The Morgan fingerprint density at radius 2 is 1.76 bits per heavy atom. The molecule has 0 radical (unpaired) electrons. The number of likely N-dealkylation sites (tertiary alicyclic amines) is 1. The highest BCUT2D eigenvalue weighted by Crippen LogP contribution is 2.25. The van der Waals surface area contributed by atoms with Crippen LogP contribution in [-0.4, -0.2) is 44.6 Å². The number of pyridine rings is 1. The third kappa shape index (κ3) is 4.64. The van der Waals surface area contributed by atoms with Crippen LogP contribution in [0.25, 0.3) is 16.6 Å². The van der Waals surface area contributed by atoms with Crippen LogP contribution in [0.1, 0.15) is 12.8 Å². The summed E-state index contributed by atoms with van der Waals surface area (Å²) in [5.41, 5.74) is 2.53. The fourth-order valence-corrected chi connectivity index (χ4v) is 4.96. The molecule has 1 aliphatic heterocycles. The smallest absolute Gasteiger partial charge is 0.247 e. The van der Waals surface area contributed by atoms with Gasteiger partial charge >= 0.3 is 0 Å². The third-order valence-electron chi connectivity index (χ3n) is 5.84. The van der Waals surface area contributed by atoms with E-state index in [1.807, 2.05) is 89.8 Å². The van der Waals surface area contributed by atoms with Crippen LogP contribution in [0.3, 0.4) is 0 Å². The molecule has 0 aliphatic carbocycles. The average molecular weight is 457 g/mol. The Bertz CT molecular complexity index is 1290. The van der Waals surface area contributed by atoms with E-state index in [0.29, 0.717) is 13.0 Å². The Balaban J connectivity index is 1.25. The normalized spacial score (nSPS) is 15.6. The van der Waals surface area contributed by atoms with E-state index in [4.69, 9.17) is 0 Å². The standard InChI is InChI=1S/C26H24N4O2S/c31-25(18-33-24-14-13-19-8-1-2-9-20(19)27-24)30-17-7-12-23(30)26(32)28-21-10-3-4-11-22(21)29-15-5-6-16-29/h1-6,8-11,13-16,23H,7,12,17-18H2,(H,28,32)/t23-/m0/s1. The van der Waals surface area contributed by atoms with E-state index in [1.165, 1.54) is 11.8 Å². The van der Waals surface area contributed by atoms with Crippen LogP contribution >= 0.6 is 11.8 Å². The summed E-state index contributed by atoms with van der Waals surface area (Å²) in [5.74, 6) is 0.0790. The van der Waals surface area contributed by atoms with Gasteiger partial charge in [0.05, 0.1) is 27.7 Å². The number of aromatic nitrogens is 2. The molecule has 1 saturated heterocycles. The molecule has 0 bridgehead atoms. The van der Waals surface area contributed by atoms with Crippen LogP contribution in [0.2, 0.25) is 0 Å². The summed E-state index contributed by atoms with van der Waals surface area (Å²) in [4.78, 5) is 32.5. The predicted octanol–water partition coefficient (Wildman–Crippen LogP) is 4.75. The fourth-order valence-electron chi connectivity index (χ4n) is 4.20. The van der Waals surface area contributed by atoms with Gasteiger partial charge in [0.15, 0.2) is 0 Å². The van der Waals surface area contributed by atoms with Crippen molar-refractivity contribution in [3.63, 3.8) is 0 Å². The Labute approximate surface area is 196 Å². The first-order valence-corrected chi connectivity index (χ1v) is 12.0. The van der Waals surface area contributed by atoms with Crippen LogP contribution in [0.5, 0.6) is 0 Å². The second-order valence-corrected chi connectivity index (χ2v) is 8.97. The largest absolute Gasteiger partial charge is 0.330 e. The number of para-hydroxylation sites is 3. The lowest BCUT2D eigenvalue weighted by atomic mass is 10.2. The zero-order valence-corrected chi connectivity index (χ0v) is 18.9. The maximum atomic E-state index is 13.1. The molecule has 2 aromatic carbocycles. The number of nitrogens with one attached hydrogen (secondary N) is 1. The topological polar surface area (TPSA) is 67.2 Å². The van der Waals surface area contributed by atoms with E-state index in [2.05, 4.69) is 10.3 Å². The maximum absolute atomic E-state index is 13.1. The summed E-state index contributed by atoms with van der Waals surface area (Å²) >= 11 is 1.41. The highest BCUT2D eigenvalue weighted by molar-refractivity contribution is 7.99. The number of anilines is 1. The number of hydrogen-bond donors (Lipinski definition) is 1. The molecule has 1 N–H and O–H groups in total.